The second-order valence-electron chi connectivity index (χ2n) is 7.35. The van der Waals surface area contributed by atoms with Gasteiger partial charge in [-0.2, -0.15) is 5.10 Å². The van der Waals surface area contributed by atoms with Gasteiger partial charge in [0.15, 0.2) is 0 Å². The highest BCUT2D eigenvalue weighted by Crippen LogP contribution is 2.22. The van der Waals surface area contributed by atoms with Gasteiger partial charge >= 0.3 is 0 Å². The van der Waals surface area contributed by atoms with Crippen LogP contribution in [0.3, 0.4) is 0 Å². The molecule has 2 amide bonds. The third-order valence-electron chi connectivity index (χ3n) is 5.06. The number of aromatic nitrogens is 2. The molecule has 0 aliphatic heterocycles. The maximum Gasteiger partial charge on any atom is 0.269 e. The average molecular weight is 441 g/mol. The van der Waals surface area contributed by atoms with E-state index >= 15 is 0 Å². The molecule has 2 N–H and O–H groups in total. The minimum Gasteiger partial charge on any atom is -0.489 e. The van der Waals surface area contributed by atoms with Gasteiger partial charge < -0.3 is 4.74 Å². The van der Waals surface area contributed by atoms with Crippen molar-refractivity contribution < 1.29 is 14.3 Å². The first-order valence-electron chi connectivity index (χ1n) is 9.80. The molecule has 0 spiro atoms. The Hall–Kier alpha value is -3.32. The minimum atomic E-state index is -0.395. The predicted octanol–water partition coefficient (Wildman–Crippen LogP) is 3.58. The zero-order chi connectivity index (χ0) is 22.5. The van der Waals surface area contributed by atoms with Crippen LogP contribution >= 0.6 is 11.6 Å². The van der Waals surface area contributed by atoms with Gasteiger partial charge in [0, 0.05) is 28.9 Å². The molecule has 0 aliphatic rings. The summed E-state index contributed by atoms with van der Waals surface area (Å²) >= 11 is 6.02. The van der Waals surface area contributed by atoms with Crippen LogP contribution in [0.25, 0.3) is 0 Å². The van der Waals surface area contributed by atoms with E-state index in [0.717, 1.165) is 33.8 Å². The molecule has 3 rings (SSSR count). The van der Waals surface area contributed by atoms with Crippen LogP contribution in [-0.4, -0.2) is 21.6 Å². The lowest BCUT2D eigenvalue weighted by atomic mass is 10.1. The summed E-state index contributed by atoms with van der Waals surface area (Å²) in [5.74, 6) is 0.0233. The maximum atomic E-state index is 12.3. The topological polar surface area (TPSA) is 85.2 Å². The van der Waals surface area contributed by atoms with Crippen molar-refractivity contribution in [2.24, 2.45) is 7.05 Å². The first kappa shape index (κ1) is 22.4. The monoisotopic (exact) mass is 440 g/mol. The molecule has 0 saturated carbocycles. The van der Waals surface area contributed by atoms with E-state index in [0.29, 0.717) is 17.2 Å². The van der Waals surface area contributed by atoms with Gasteiger partial charge in [0.25, 0.3) is 5.91 Å². The highest BCUT2D eigenvalue weighted by atomic mass is 35.5. The highest BCUT2D eigenvalue weighted by Gasteiger charge is 2.14. The van der Waals surface area contributed by atoms with Crippen molar-refractivity contribution in [1.82, 2.24) is 20.6 Å². The van der Waals surface area contributed by atoms with E-state index in [1.807, 2.05) is 52.1 Å². The summed E-state index contributed by atoms with van der Waals surface area (Å²) in [6.07, 6.45) is 0.145. The fourth-order valence-corrected chi connectivity index (χ4v) is 3.22. The first-order chi connectivity index (χ1) is 14.7. The molecule has 1 heterocycles. The number of hydrazine groups is 1. The Morgan fingerprint density at radius 3 is 2.39 bits per heavy atom. The smallest absolute Gasteiger partial charge is 0.269 e. The Kier molecular flexibility index (Phi) is 6.97. The number of rotatable bonds is 6. The normalized spacial score (nSPS) is 10.6. The van der Waals surface area contributed by atoms with Crippen LogP contribution in [0.5, 0.6) is 5.75 Å². The Labute approximate surface area is 186 Å². The van der Waals surface area contributed by atoms with Gasteiger partial charge in [0.2, 0.25) is 5.91 Å². The number of hydrogen-bond donors (Lipinski definition) is 2. The molecule has 0 bridgehead atoms. The maximum absolute atomic E-state index is 12.3. The standard InChI is InChI=1S/C23H25ClN4O3/c1-14-11-19(9-10-21(14)24)31-13-17-5-7-18(8-6-17)23(30)26-25-22(29)12-20-15(2)27-28(4)16(20)3/h5-11H,12-13H2,1-4H3,(H,25,29)(H,26,30). The molecule has 0 atom stereocenters. The van der Waals surface area contributed by atoms with E-state index in [9.17, 15) is 9.59 Å². The Morgan fingerprint density at radius 2 is 1.77 bits per heavy atom. The van der Waals surface area contributed by atoms with Gasteiger partial charge in [-0.05, 0) is 62.2 Å². The summed E-state index contributed by atoms with van der Waals surface area (Å²) in [6, 6.07) is 12.5. The summed E-state index contributed by atoms with van der Waals surface area (Å²) in [5, 5.41) is 4.99. The van der Waals surface area contributed by atoms with Gasteiger partial charge in [-0.25, -0.2) is 0 Å². The zero-order valence-corrected chi connectivity index (χ0v) is 18.7. The van der Waals surface area contributed by atoms with Crippen molar-refractivity contribution in [2.45, 2.75) is 33.8 Å². The number of carbonyl (C=O) groups is 2. The zero-order valence-electron chi connectivity index (χ0n) is 18.0. The van der Waals surface area contributed by atoms with Gasteiger partial charge in [-0.3, -0.25) is 25.1 Å². The lowest BCUT2D eigenvalue weighted by Crippen LogP contribution is -2.42. The largest absolute Gasteiger partial charge is 0.489 e. The third-order valence-corrected chi connectivity index (χ3v) is 5.49. The van der Waals surface area contributed by atoms with Crippen LogP contribution < -0.4 is 15.6 Å². The van der Waals surface area contributed by atoms with Crippen LogP contribution in [-0.2, 0) is 24.9 Å². The van der Waals surface area contributed by atoms with E-state index in [1.54, 1.807) is 22.9 Å². The number of nitrogens with zero attached hydrogens (tertiary/aromatic N) is 2. The molecule has 1 aromatic heterocycles. The van der Waals surface area contributed by atoms with Crippen molar-refractivity contribution in [3.8, 4) is 5.75 Å². The summed E-state index contributed by atoms with van der Waals surface area (Å²) in [6.45, 7) is 6.04. The van der Waals surface area contributed by atoms with Gasteiger partial charge in [-0.15, -0.1) is 0 Å². The van der Waals surface area contributed by atoms with E-state index in [1.165, 1.54) is 0 Å². The first-order valence-corrected chi connectivity index (χ1v) is 10.2. The van der Waals surface area contributed by atoms with Crippen LogP contribution in [0.1, 0.15) is 38.4 Å². The van der Waals surface area contributed by atoms with Crippen molar-refractivity contribution in [3.63, 3.8) is 0 Å². The Bertz CT molecular complexity index is 1110. The SMILES string of the molecule is Cc1cc(OCc2ccc(C(=O)NNC(=O)Cc3c(C)nn(C)c3C)cc2)ccc1Cl. The molecule has 162 valence electrons. The van der Waals surface area contributed by atoms with E-state index < -0.39 is 5.91 Å². The molecular weight excluding hydrogens is 416 g/mol. The highest BCUT2D eigenvalue weighted by molar-refractivity contribution is 6.31. The van der Waals surface area contributed by atoms with Gasteiger partial charge in [0.1, 0.15) is 12.4 Å². The van der Waals surface area contributed by atoms with E-state index in [-0.39, 0.29) is 12.3 Å². The summed E-state index contributed by atoms with van der Waals surface area (Å²) in [4.78, 5) is 24.5. The van der Waals surface area contributed by atoms with Crippen LogP contribution in [0.15, 0.2) is 42.5 Å². The molecule has 0 radical (unpaired) electrons. The second-order valence-corrected chi connectivity index (χ2v) is 7.76. The molecule has 0 saturated heterocycles. The fourth-order valence-electron chi connectivity index (χ4n) is 3.10. The van der Waals surface area contributed by atoms with Crippen molar-refractivity contribution >= 4 is 23.4 Å². The van der Waals surface area contributed by atoms with Gasteiger partial charge in [-0.1, -0.05) is 23.7 Å². The van der Waals surface area contributed by atoms with Gasteiger partial charge in [0.05, 0.1) is 12.1 Å². The summed E-state index contributed by atoms with van der Waals surface area (Å²) in [5.41, 5.74) is 9.76. The molecule has 0 aliphatic carbocycles. The van der Waals surface area contributed by atoms with Crippen molar-refractivity contribution in [3.05, 3.63) is 81.1 Å². The van der Waals surface area contributed by atoms with Crippen molar-refractivity contribution in [2.75, 3.05) is 0 Å². The number of aryl methyl sites for hydroxylation is 3. The Morgan fingerprint density at radius 1 is 1.06 bits per heavy atom. The molecule has 7 nitrogen and oxygen atoms in total. The van der Waals surface area contributed by atoms with Crippen molar-refractivity contribution in [1.29, 1.82) is 0 Å². The summed E-state index contributed by atoms with van der Waals surface area (Å²) < 4.78 is 7.49. The fraction of sp³-hybridized carbons (Fsp3) is 0.261. The average Bonchev–Trinajstić information content (AvgIpc) is 2.99. The minimum absolute atomic E-state index is 0.145. The quantitative estimate of drug-likeness (QED) is 0.574. The van der Waals surface area contributed by atoms with Crippen LogP contribution in [0, 0.1) is 20.8 Å². The number of carbonyl (C=O) groups excluding carboxylic acids is 2. The molecule has 3 aromatic rings. The molecule has 31 heavy (non-hydrogen) atoms. The molecular formula is C23H25ClN4O3. The number of nitrogens with one attached hydrogen (secondary N) is 2. The van der Waals surface area contributed by atoms with Crippen LogP contribution in [0.2, 0.25) is 5.02 Å². The summed E-state index contributed by atoms with van der Waals surface area (Å²) in [7, 11) is 1.83. The number of amides is 2. The number of halogens is 1. The number of benzene rings is 2. The predicted molar refractivity (Wildman–Crippen MR) is 119 cm³/mol. The Balaban J connectivity index is 1.50. The molecule has 2 aromatic carbocycles. The second kappa shape index (κ2) is 9.66. The lowest BCUT2D eigenvalue weighted by Gasteiger charge is -2.10. The van der Waals surface area contributed by atoms with E-state index in [4.69, 9.17) is 16.3 Å². The third kappa shape index (κ3) is 5.64. The van der Waals surface area contributed by atoms with Crippen LogP contribution in [0.4, 0.5) is 0 Å². The molecule has 8 heteroatoms. The number of ether oxygens (including phenoxy) is 1. The molecule has 0 unspecified atom stereocenters. The lowest BCUT2D eigenvalue weighted by molar-refractivity contribution is -0.121. The number of hydrogen-bond acceptors (Lipinski definition) is 4. The van der Waals surface area contributed by atoms with E-state index in [2.05, 4.69) is 16.0 Å². The molecule has 0 fully saturated rings.